The number of hydrogen-bond donors (Lipinski definition) is 1. The van der Waals surface area contributed by atoms with Gasteiger partial charge < -0.3 is 10.5 Å². The molecule has 0 aliphatic carbocycles. The van der Waals surface area contributed by atoms with Crippen LogP contribution in [0, 0.1) is 11.6 Å². The van der Waals surface area contributed by atoms with Gasteiger partial charge in [0.05, 0.1) is 4.47 Å². The maximum atomic E-state index is 13.3. The fourth-order valence-corrected chi connectivity index (χ4v) is 1.81. The molecule has 0 aromatic heterocycles. The fourth-order valence-electron chi connectivity index (χ4n) is 1.48. The van der Waals surface area contributed by atoms with Crippen molar-refractivity contribution in [1.82, 2.24) is 0 Å². The zero-order valence-corrected chi connectivity index (χ0v) is 10.9. The molecule has 0 heterocycles. The third kappa shape index (κ3) is 3.05. The Morgan fingerprint density at radius 2 is 1.83 bits per heavy atom. The minimum absolute atomic E-state index is 0.207. The van der Waals surface area contributed by atoms with Crippen molar-refractivity contribution < 1.29 is 13.5 Å². The summed E-state index contributed by atoms with van der Waals surface area (Å²) in [5.41, 5.74) is 6.05. The molecular weight excluding hydrogens is 304 g/mol. The largest absolute Gasteiger partial charge is 0.456 e. The van der Waals surface area contributed by atoms with Crippen LogP contribution in [0.3, 0.4) is 0 Å². The van der Waals surface area contributed by atoms with Crippen LogP contribution in [0.15, 0.2) is 40.9 Å². The van der Waals surface area contributed by atoms with E-state index in [0.717, 1.165) is 0 Å². The summed E-state index contributed by atoms with van der Waals surface area (Å²) in [7, 11) is 0. The standard InChI is InChI=1S/C13H10BrF2NO/c14-12-2-1-9(15)6-13(12)18-11-4-8(7-17)3-10(16)5-11/h1-6H,7,17H2. The van der Waals surface area contributed by atoms with Crippen molar-refractivity contribution in [3.8, 4) is 11.5 Å². The maximum absolute atomic E-state index is 13.3. The van der Waals surface area contributed by atoms with Crippen molar-refractivity contribution in [3.05, 3.63) is 58.1 Å². The molecule has 0 amide bonds. The van der Waals surface area contributed by atoms with Crippen LogP contribution in [-0.2, 0) is 6.54 Å². The van der Waals surface area contributed by atoms with Gasteiger partial charge in [-0.1, -0.05) is 0 Å². The summed E-state index contributed by atoms with van der Waals surface area (Å²) in [5.74, 6) is -0.311. The van der Waals surface area contributed by atoms with Gasteiger partial charge in [-0.25, -0.2) is 8.78 Å². The zero-order chi connectivity index (χ0) is 13.1. The van der Waals surface area contributed by atoms with E-state index in [0.29, 0.717) is 10.0 Å². The van der Waals surface area contributed by atoms with Gasteiger partial charge in [-0.15, -0.1) is 0 Å². The Hall–Kier alpha value is -1.46. The first-order valence-corrected chi connectivity index (χ1v) is 6.00. The predicted octanol–water partition coefficient (Wildman–Crippen LogP) is 3.98. The van der Waals surface area contributed by atoms with Gasteiger partial charge in [-0.05, 0) is 45.8 Å². The lowest BCUT2D eigenvalue weighted by Crippen LogP contribution is -1.98. The lowest BCUT2D eigenvalue weighted by Gasteiger charge is -2.09. The second kappa shape index (κ2) is 5.46. The Balaban J connectivity index is 2.33. The van der Waals surface area contributed by atoms with Gasteiger partial charge in [0.25, 0.3) is 0 Å². The highest BCUT2D eigenvalue weighted by atomic mass is 79.9. The smallest absolute Gasteiger partial charge is 0.144 e. The average Bonchev–Trinajstić information content (AvgIpc) is 2.33. The molecule has 0 aliphatic rings. The van der Waals surface area contributed by atoms with E-state index in [4.69, 9.17) is 10.5 Å². The molecular formula is C13H10BrF2NO. The Morgan fingerprint density at radius 3 is 2.56 bits per heavy atom. The van der Waals surface area contributed by atoms with Crippen LogP contribution in [0.2, 0.25) is 0 Å². The SMILES string of the molecule is NCc1cc(F)cc(Oc2cc(F)ccc2Br)c1. The first-order chi connectivity index (χ1) is 8.58. The predicted molar refractivity (Wildman–Crippen MR) is 68.5 cm³/mol. The molecule has 0 bridgehead atoms. The van der Waals surface area contributed by atoms with E-state index in [1.165, 1.54) is 30.3 Å². The Morgan fingerprint density at radius 1 is 1.06 bits per heavy atom. The minimum Gasteiger partial charge on any atom is -0.456 e. The second-order valence-electron chi connectivity index (χ2n) is 3.68. The molecule has 18 heavy (non-hydrogen) atoms. The van der Waals surface area contributed by atoms with Gasteiger partial charge in [0.2, 0.25) is 0 Å². The molecule has 0 saturated carbocycles. The molecule has 0 radical (unpaired) electrons. The minimum atomic E-state index is -0.444. The van der Waals surface area contributed by atoms with Crippen molar-refractivity contribution in [2.24, 2.45) is 5.73 Å². The summed E-state index contributed by atoms with van der Waals surface area (Å²) in [6, 6.07) is 8.20. The molecule has 2 aromatic carbocycles. The topological polar surface area (TPSA) is 35.2 Å². The van der Waals surface area contributed by atoms with Crippen LogP contribution in [0.5, 0.6) is 11.5 Å². The van der Waals surface area contributed by atoms with E-state index < -0.39 is 11.6 Å². The monoisotopic (exact) mass is 313 g/mol. The lowest BCUT2D eigenvalue weighted by atomic mass is 10.2. The summed E-state index contributed by atoms with van der Waals surface area (Å²) in [6.45, 7) is 0.207. The molecule has 5 heteroatoms. The van der Waals surface area contributed by atoms with Crippen LogP contribution in [-0.4, -0.2) is 0 Å². The van der Waals surface area contributed by atoms with E-state index in [1.54, 1.807) is 6.07 Å². The molecule has 0 unspecified atom stereocenters. The summed E-state index contributed by atoms with van der Waals surface area (Å²) in [4.78, 5) is 0. The van der Waals surface area contributed by atoms with Crippen molar-refractivity contribution >= 4 is 15.9 Å². The van der Waals surface area contributed by atoms with Gasteiger partial charge in [0.15, 0.2) is 0 Å². The molecule has 2 nitrogen and oxygen atoms in total. The molecule has 0 fully saturated rings. The molecule has 94 valence electrons. The first-order valence-electron chi connectivity index (χ1n) is 5.21. The van der Waals surface area contributed by atoms with E-state index >= 15 is 0 Å². The number of benzene rings is 2. The molecule has 2 aromatic rings. The summed E-state index contributed by atoms with van der Waals surface area (Å²) in [5, 5.41) is 0. The molecule has 0 saturated heterocycles. The molecule has 0 aliphatic heterocycles. The van der Waals surface area contributed by atoms with Crippen LogP contribution in [0.4, 0.5) is 8.78 Å². The van der Waals surface area contributed by atoms with Gasteiger partial charge in [0, 0.05) is 18.7 Å². The zero-order valence-electron chi connectivity index (χ0n) is 9.29. The maximum Gasteiger partial charge on any atom is 0.144 e. The highest BCUT2D eigenvalue weighted by Crippen LogP contribution is 2.31. The molecule has 2 N–H and O–H groups in total. The number of halogens is 3. The summed E-state index contributed by atoms with van der Waals surface area (Å²) in [6.07, 6.45) is 0. The quantitative estimate of drug-likeness (QED) is 0.930. The van der Waals surface area contributed by atoms with Gasteiger partial charge in [-0.2, -0.15) is 0 Å². The van der Waals surface area contributed by atoms with Crippen LogP contribution < -0.4 is 10.5 Å². The highest BCUT2D eigenvalue weighted by Gasteiger charge is 2.06. The Labute approximate surface area is 112 Å². The third-order valence-corrected chi connectivity index (χ3v) is 2.94. The van der Waals surface area contributed by atoms with E-state index in [1.807, 2.05) is 0 Å². The van der Waals surface area contributed by atoms with Crippen LogP contribution in [0.25, 0.3) is 0 Å². The van der Waals surface area contributed by atoms with Crippen molar-refractivity contribution in [2.45, 2.75) is 6.54 Å². The summed E-state index contributed by atoms with van der Waals surface area (Å²) < 4.78 is 32.4. The lowest BCUT2D eigenvalue weighted by molar-refractivity contribution is 0.467. The number of ether oxygens (including phenoxy) is 1. The Bertz CT molecular complexity index is 575. The number of nitrogens with two attached hydrogens (primary N) is 1. The van der Waals surface area contributed by atoms with Crippen LogP contribution >= 0.6 is 15.9 Å². The number of hydrogen-bond acceptors (Lipinski definition) is 2. The number of rotatable bonds is 3. The fraction of sp³-hybridized carbons (Fsp3) is 0.0769. The Kier molecular flexibility index (Phi) is 3.93. The van der Waals surface area contributed by atoms with E-state index in [2.05, 4.69) is 15.9 Å². The second-order valence-corrected chi connectivity index (χ2v) is 4.53. The molecule has 0 spiro atoms. The van der Waals surface area contributed by atoms with Crippen molar-refractivity contribution in [1.29, 1.82) is 0 Å². The van der Waals surface area contributed by atoms with Gasteiger partial charge >= 0.3 is 0 Å². The first kappa shape index (κ1) is 13.0. The van der Waals surface area contributed by atoms with Crippen LogP contribution in [0.1, 0.15) is 5.56 Å². The van der Waals surface area contributed by atoms with E-state index in [9.17, 15) is 8.78 Å². The van der Waals surface area contributed by atoms with Crippen molar-refractivity contribution in [2.75, 3.05) is 0 Å². The highest BCUT2D eigenvalue weighted by molar-refractivity contribution is 9.10. The van der Waals surface area contributed by atoms with Gasteiger partial charge in [0.1, 0.15) is 23.1 Å². The van der Waals surface area contributed by atoms with Gasteiger partial charge in [-0.3, -0.25) is 0 Å². The average molecular weight is 314 g/mol. The third-order valence-electron chi connectivity index (χ3n) is 2.29. The molecule has 0 atom stereocenters. The normalized spacial score (nSPS) is 10.4. The molecule has 2 rings (SSSR count). The van der Waals surface area contributed by atoms with E-state index in [-0.39, 0.29) is 18.0 Å². The summed E-state index contributed by atoms with van der Waals surface area (Å²) >= 11 is 3.23. The van der Waals surface area contributed by atoms with Crippen molar-refractivity contribution in [3.63, 3.8) is 0 Å².